The van der Waals surface area contributed by atoms with Gasteiger partial charge in [0, 0.05) is 12.1 Å². The molecule has 6 nitrogen and oxygen atoms in total. The number of benzene rings is 2. The molecule has 0 saturated carbocycles. The summed E-state index contributed by atoms with van der Waals surface area (Å²) in [5.41, 5.74) is 1.56. The van der Waals surface area contributed by atoms with Crippen LogP contribution in [0.25, 0.3) is 6.08 Å². The standard InChI is InChI=1S/C18H17NO5/c1-3-23-18(20)17(24-16-6-4-5-13(2)11-16)12-14-7-9-15(10-8-14)19(21)22/h4-12H,3H2,1-2H3/b17-12-. The maximum absolute atomic E-state index is 12.1. The summed E-state index contributed by atoms with van der Waals surface area (Å²) in [5, 5.41) is 10.7. The fraction of sp³-hybridized carbons (Fsp3) is 0.167. The minimum Gasteiger partial charge on any atom is -0.460 e. The van der Waals surface area contributed by atoms with E-state index in [2.05, 4.69) is 0 Å². The summed E-state index contributed by atoms with van der Waals surface area (Å²) >= 11 is 0. The predicted molar refractivity (Wildman–Crippen MR) is 89.5 cm³/mol. The van der Waals surface area contributed by atoms with Gasteiger partial charge in [0.15, 0.2) is 0 Å². The molecular weight excluding hydrogens is 310 g/mol. The largest absolute Gasteiger partial charge is 0.460 e. The lowest BCUT2D eigenvalue weighted by Crippen LogP contribution is -2.12. The molecule has 6 heteroatoms. The molecule has 0 radical (unpaired) electrons. The van der Waals surface area contributed by atoms with Crippen LogP contribution in [0.5, 0.6) is 5.75 Å². The number of carbonyl (C=O) groups is 1. The number of hydrogen-bond acceptors (Lipinski definition) is 5. The molecule has 0 amide bonds. The van der Waals surface area contributed by atoms with E-state index in [0.717, 1.165) is 5.56 Å². The number of aryl methyl sites for hydroxylation is 1. The van der Waals surface area contributed by atoms with Gasteiger partial charge in [-0.15, -0.1) is 0 Å². The molecule has 0 aromatic heterocycles. The van der Waals surface area contributed by atoms with E-state index < -0.39 is 10.9 Å². The van der Waals surface area contributed by atoms with Crippen LogP contribution in [0.3, 0.4) is 0 Å². The second-order valence-electron chi connectivity index (χ2n) is 5.00. The average Bonchev–Trinajstić information content (AvgIpc) is 2.55. The minimum atomic E-state index is -0.600. The number of non-ortho nitro benzene ring substituents is 1. The maximum atomic E-state index is 12.1. The summed E-state index contributed by atoms with van der Waals surface area (Å²) in [5.74, 6) is -0.0788. The van der Waals surface area contributed by atoms with Gasteiger partial charge in [0.25, 0.3) is 5.69 Å². The third-order valence-corrected chi connectivity index (χ3v) is 3.10. The van der Waals surface area contributed by atoms with Crippen LogP contribution in [0, 0.1) is 17.0 Å². The number of nitrogens with zero attached hydrogens (tertiary/aromatic N) is 1. The zero-order valence-electron chi connectivity index (χ0n) is 13.4. The molecule has 0 spiro atoms. The van der Waals surface area contributed by atoms with E-state index in [0.29, 0.717) is 11.3 Å². The molecule has 2 aromatic rings. The highest BCUT2D eigenvalue weighted by molar-refractivity contribution is 5.92. The number of rotatable bonds is 6. The van der Waals surface area contributed by atoms with Crippen molar-refractivity contribution in [2.45, 2.75) is 13.8 Å². The van der Waals surface area contributed by atoms with Crippen molar-refractivity contribution < 1.29 is 19.2 Å². The summed E-state index contributed by atoms with van der Waals surface area (Å²) in [6.45, 7) is 3.83. The summed E-state index contributed by atoms with van der Waals surface area (Å²) in [4.78, 5) is 22.3. The zero-order valence-corrected chi connectivity index (χ0v) is 13.4. The van der Waals surface area contributed by atoms with Gasteiger partial charge in [-0.2, -0.15) is 0 Å². The van der Waals surface area contributed by atoms with Crippen molar-refractivity contribution in [3.05, 3.63) is 75.5 Å². The van der Waals surface area contributed by atoms with E-state index in [4.69, 9.17) is 9.47 Å². The Morgan fingerprint density at radius 2 is 1.92 bits per heavy atom. The summed E-state index contributed by atoms with van der Waals surface area (Å²) in [6, 6.07) is 13.1. The summed E-state index contributed by atoms with van der Waals surface area (Å²) < 4.78 is 10.6. The molecule has 0 aliphatic rings. The third-order valence-electron chi connectivity index (χ3n) is 3.10. The molecule has 0 atom stereocenters. The molecule has 0 fully saturated rings. The molecule has 0 aliphatic heterocycles. The highest BCUT2D eigenvalue weighted by Gasteiger charge is 2.14. The first-order chi connectivity index (χ1) is 11.5. The first-order valence-electron chi connectivity index (χ1n) is 7.37. The summed E-state index contributed by atoms with van der Waals surface area (Å²) in [7, 11) is 0. The van der Waals surface area contributed by atoms with Gasteiger partial charge in [-0.25, -0.2) is 4.79 Å². The topological polar surface area (TPSA) is 78.7 Å². The van der Waals surface area contributed by atoms with Gasteiger partial charge < -0.3 is 9.47 Å². The van der Waals surface area contributed by atoms with Gasteiger partial charge in [-0.3, -0.25) is 10.1 Å². The van der Waals surface area contributed by atoms with E-state index in [9.17, 15) is 14.9 Å². The molecule has 0 heterocycles. The zero-order chi connectivity index (χ0) is 17.5. The van der Waals surface area contributed by atoms with Crippen LogP contribution in [0.15, 0.2) is 54.3 Å². The van der Waals surface area contributed by atoms with Crippen molar-refractivity contribution in [3.8, 4) is 5.75 Å². The minimum absolute atomic E-state index is 0.0105. The van der Waals surface area contributed by atoms with Crippen molar-refractivity contribution in [2.24, 2.45) is 0 Å². The highest BCUT2D eigenvalue weighted by Crippen LogP contribution is 2.19. The molecule has 124 valence electrons. The first-order valence-corrected chi connectivity index (χ1v) is 7.37. The summed E-state index contributed by atoms with van der Waals surface area (Å²) in [6.07, 6.45) is 1.49. The van der Waals surface area contributed by atoms with Crippen LogP contribution in [0.1, 0.15) is 18.1 Å². The lowest BCUT2D eigenvalue weighted by molar-refractivity contribution is -0.384. The monoisotopic (exact) mass is 327 g/mol. The van der Waals surface area contributed by atoms with Crippen LogP contribution >= 0.6 is 0 Å². The molecule has 0 aliphatic carbocycles. The molecule has 2 rings (SSSR count). The average molecular weight is 327 g/mol. The van der Waals surface area contributed by atoms with Crippen LogP contribution < -0.4 is 4.74 Å². The van der Waals surface area contributed by atoms with Gasteiger partial charge >= 0.3 is 5.97 Å². The van der Waals surface area contributed by atoms with Gasteiger partial charge in [0.1, 0.15) is 5.75 Å². The molecule has 0 saturated heterocycles. The molecular formula is C18H17NO5. The Morgan fingerprint density at radius 1 is 1.21 bits per heavy atom. The van der Waals surface area contributed by atoms with Gasteiger partial charge in [0.05, 0.1) is 11.5 Å². The fourth-order valence-corrected chi connectivity index (χ4v) is 1.98. The van der Waals surface area contributed by atoms with Crippen LogP contribution in [0.2, 0.25) is 0 Å². The van der Waals surface area contributed by atoms with Crippen LogP contribution in [0.4, 0.5) is 5.69 Å². The highest BCUT2D eigenvalue weighted by atomic mass is 16.6. The van der Waals surface area contributed by atoms with Crippen LogP contribution in [-0.2, 0) is 9.53 Å². The Hall–Kier alpha value is -3.15. The Labute approximate surface area is 139 Å². The van der Waals surface area contributed by atoms with Gasteiger partial charge in [-0.05, 0) is 55.3 Å². The van der Waals surface area contributed by atoms with Crippen molar-refractivity contribution >= 4 is 17.7 Å². The van der Waals surface area contributed by atoms with E-state index in [1.54, 1.807) is 19.1 Å². The maximum Gasteiger partial charge on any atom is 0.374 e. The van der Waals surface area contributed by atoms with Crippen molar-refractivity contribution in [1.82, 2.24) is 0 Å². The first kappa shape index (κ1) is 17.2. The van der Waals surface area contributed by atoms with Gasteiger partial charge in [0.2, 0.25) is 5.76 Å². The number of nitro benzene ring substituents is 1. The Morgan fingerprint density at radius 3 is 2.50 bits per heavy atom. The van der Waals surface area contributed by atoms with Crippen LogP contribution in [-0.4, -0.2) is 17.5 Å². The number of nitro groups is 1. The Kier molecular flexibility index (Phi) is 5.68. The second-order valence-corrected chi connectivity index (χ2v) is 5.00. The number of hydrogen-bond donors (Lipinski definition) is 0. The quantitative estimate of drug-likeness (QED) is 0.264. The number of ether oxygens (including phenoxy) is 2. The molecule has 24 heavy (non-hydrogen) atoms. The Bertz CT molecular complexity index is 765. The van der Waals surface area contributed by atoms with E-state index >= 15 is 0 Å². The Balaban J connectivity index is 2.30. The third kappa shape index (κ3) is 4.67. The van der Waals surface area contributed by atoms with Crippen molar-refractivity contribution in [3.63, 3.8) is 0 Å². The molecule has 2 aromatic carbocycles. The van der Waals surface area contributed by atoms with E-state index in [1.165, 1.54) is 30.3 Å². The molecule has 0 unspecified atom stereocenters. The SMILES string of the molecule is CCOC(=O)/C(=C/c1ccc([N+](=O)[O-])cc1)Oc1cccc(C)c1. The normalized spacial score (nSPS) is 11.0. The molecule has 0 N–H and O–H groups in total. The van der Waals surface area contributed by atoms with E-state index in [-0.39, 0.29) is 18.1 Å². The number of esters is 1. The van der Waals surface area contributed by atoms with Crippen molar-refractivity contribution in [1.29, 1.82) is 0 Å². The van der Waals surface area contributed by atoms with Crippen molar-refractivity contribution in [2.75, 3.05) is 6.61 Å². The molecule has 0 bridgehead atoms. The smallest absolute Gasteiger partial charge is 0.374 e. The lowest BCUT2D eigenvalue weighted by Gasteiger charge is -2.10. The lowest BCUT2D eigenvalue weighted by atomic mass is 10.2. The second kappa shape index (κ2) is 7.92. The fourth-order valence-electron chi connectivity index (χ4n) is 1.98. The number of carbonyl (C=O) groups excluding carboxylic acids is 1. The predicted octanol–water partition coefficient (Wildman–Crippen LogP) is 3.89. The van der Waals surface area contributed by atoms with E-state index in [1.807, 2.05) is 19.1 Å². The van der Waals surface area contributed by atoms with Gasteiger partial charge in [-0.1, -0.05) is 12.1 Å².